The van der Waals surface area contributed by atoms with E-state index in [0.717, 1.165) is 5.33 Å². The van der Waals surface area contributed by atoms with Gasteiger partial charge in [-0.1, -0.05) is 15.9 Å². The Morgan fingerprint density at radius 2 is 2.12 bits per heavy atom. The van der Waals surface area contributed by atoms with Crippen LogP contribution in [0.2, 0.25) is 0 Å². The number of alkyl halides is 4. The molecule has 0 aliphatic carbocycles. The first-order valence-electron chi connectivity index (χ1n) is 5.40. The van der Waals surface area contributed by atoms with E-state index in [4.69, 9.17) is 4.74 Å². The average Bonchev–Trinajstić information content (AvgIpc) is 2.19. The fourth-order valence-electron chi connectivity index (χ4n) is 1.76. The van der Waals surface area contributed by atoms with Crippen molar-refractivity contribution in [1.82, 2.24) is 4.90 Å². The molecule has 1 fully saturated rings. The number of halogens is 4. The summed E-state index contributed by atoms with van der Waals surface area (Å²) in [7, 11) is 0. The van der Waals surface area contributed by atoms with E-state index in [2.05, 4.69) is 20.8 Å². The van der Waals surface area contributed by atoms with Crippen LogP contribution >= 0.6 is 15.9 Å². The van der Waals surface area contributed by atoms with Gasteiger partial charge in [-0.2, -0.15) is 13.2 Å². The summed E-state index contributed by atoms with van der Waals surface area (Å²) in [5.41, 5.74) is 0. The van der Waals surface area contributed by atoms with Crippen molar-refractivity contribution in [1.29, 1.82) is 0 Å². The Kier molecular flexibility index (Phi) is 5.53. The second-order valence-electron chi connectivity index (χ2n) is 4.17. The molecule has 96 valence electrons. The molecule has 1 rings (SSSR count). The van der Waals surface area contributed by atoms with Crippen molar-refractivity contribution < 1.29 is 17.9 Å². The molecule has 0 N–H and O–H groups in total. The maximum absolute atomic E-state index is 12.0. The number of nitrogens with zero attached hydrogens (tertiary/aromatic N) is 1. The highest BCUT2D eigenvalue weighted by Crippen LogP contribution is 2.22. The Labute approximate surface area is 102 Å². The third kappa shape index (κ3) is 5.01. The van der Waals surface area contributed by atoms with Gasteiger partial charge in [0, 0.05) is 24.3 Å². The predicted molar refractivity (Wildman–Crippen MR) is 59.9 cm³/mol. The minimum Gasteiger partial charge on any atom is -0.374 e. The lowest BCUT2D eigenvalue weighted by molar-refractivity contribution is -0.137. The maximum atomic E-state index is 12.0. The van der Waals surface area contributed by atoms with E-state index in [1.807, 2.05) is 6.92 Å². The predicted octanol–water partition coefficient (Wildman–Crippen LogP) is 2.81. The van der Waals surface area contributed by atoms with Crippen molar-refractivity contribution in [3.05, 3.63) is 0 Å². The molecule has 0 aromatic heterocycles. The average molecular weight is 304 g/mol. The second-order valence-corrected chi connectivity index (χ2v) is 4.82. The SMILES string of the molecule is CC1COC(CBr)CN1CCCC(F)(F)F. The zero-order valence-electron chi connectivity index (χ0n) is 9.26. The summed E-state index contributed by atoms with van der Waals surface area (Å²) in [5, 5.41) is 0.732. The van der Waals surface area contributed by atoms with Crippen molar-refractivity contribution in [2.45, 2.75) is 38.1 Å². The summed E-state index contributed by atoms with van der Waals surface area (Å²) in [6.45, 7) is 3.79. The second kappa shape index (κ2) is 6.21. The zero-order chi connectivity index (χ0) is 12.2. The maximum Gasteiger partial charge on any atom is 0.389 e. The number of ether oxygens (including phenoxy) is 1. The Balaban J connectivity index is 2.28. The molecule has 1 aliphatic heterocycles. The molecule has 2 nitrogen and oxygen atoms in total. The Hall–Kier alpha value is 0.190. The fraction of sp³-hybridized carbons (Fsp3) is 1.00. The molecule has 0 aromatic carbocycles. The van der Waals surface area contributed by atoms with E-state index in [9.17, 15) is 13.2 Å². The lowest BCUT2D eigenvalue weighted by Gasteiger charge is -2.37. The fourth-order valence-corrected chi connectivity index (χ4v) is 2.15. The van der Waals surface area contributed by atoms with E-state index >= 15 is 0 Å². The summed E-state index contributed by atoms with van der Waals surface area (Å²) < 4.78 is 41.5. The Bertz CT molecular complexity index is 213. The molecule has 16 heavy (non-hydrogen) atoms. The van der Waals surface area contributed by atoms with Crippen molar-refractivity contribution >= 4 is 15.9 Å². The summed E-state index contributed by atoms with van der Waals surface area (Å²) in [6.07, 6.45) is -4.47. The molecule has 1 saturated heterocycles. The Morgan fingerprint density at radius 1 is 1.44 bits per heavy atom. The van der Waals surface area contributed by atoms with Gasteiger partial charge in [-0.15, -0.1) is 0 Å². The molecule has 0 aromatic rings. The van der Waals surface area contributed by atoms with Crippen molar-refractivity contribution in [3.8, 4) is 0 Å². The molecule has 0 spiro atoms. The van der Waals surface area contributed by atoms with Crippen LogP contribution in [0.1, 0.15) is 19.8 Å². The van der Waals surface area contributed by atoms with Gasteiger partial charge in [0.05, 0.1) is 12.7 Å². The standard InChI is InChI=1S/C10H17BrF3NO/c1-8-7-16-9(5-11)6-15(8)4-2-3-10(12,13)14/h8-9H,2-7H2,1H3. The van der Waals surface area contributed by atoms with Gasteiger partial charge in [-0.05, 0) is 19.9 Å². The van der Waals surface area contributed by atoms with Crippen LogP contribution in [-0.4, -0.2) is 48.2 Å². The molecule has 2 unspecified atom stereocenters. The van der Waals surface area contributed by atoms with Crippen molar-refractivity contribution in [2.75, 3.05) is 25.0 Å². The van der Waals surface area contributed by atoms with Crippen molar-refractivity contribution in [2.24, 2.45) is 0 Å². The van der Waals surface area contributed by atoms with Crippen LogP contribution in [0, 0.1) is 0 Å². The van der Waals surface area contributed by atoms with E-state index in [1.165, 1.54) is 0 Å². The molecule has 0 amide bonds. The van der Waals surface area contributed by atoms with Crippen LogP contribution in [0.3, 0.4) is 0 Å². The van der Waals surface area contributed by atoms with Crippen LogP contribution in [0.5, 0.6) is 0 Å². The molecule has 1 heterocycles. The first-order chi connectivity index (χ1) is 7.42. The topological polar surface area (TPSA) is 12.5 Å². The largest absolute Gasteiger partial charge is 0.389 e. The lowest BCUT2D eigenvalue weighted by Crippen LogP contribution is -2.49. The molecular weight excluding hydrogens is 287 g/mol. The number of hydrogen-bond donors (Lipinski definition) is 0. The summed E-state index contributed by atoms with van der Waals surface area (Å²) in [4.78, 5) is 2.07. The molecular formula is C10H17BrF3NO. The third-order valence-electron chi connectivity index (χ3n) is 2.71. The summed E-state index contributed by atoms with van der Waals surface area (Å²) in [5.74, 6) is 0. The highest BCUT2D eigenvalue weighted by atomic mass is 79.9. The molecule has 1 aliphatic rings. The Morgan fingerprint density at radius 3 is 2.69 bits per heavy atom. The minimum absolute atomic E-state index is 0.0992. The van der Waals surface area contributed by atoms with Crippen molar-refractivity contribution in [3.63, 3.8) is 0 Å². The first kappa shape index (κ1) is 14.3. The number of rotatable bonds is 4. The van der Waals surface area contributed by atoms with Gasteiger partial charge in [0.25, 0.3) is 0 Å². The molecule has 6 heteroatoms. The molecule has 2 atom stereocenters. The highest BCUT2D eigenvalue weighted by molar-refractivity contribution is 9.09. The van der Waals surface area contributed by atoms with Gasteiger partial charge in [0.2, 0.25) is 0 Å². The smallest absolute Gasteiger partial charge is 0.374 e. The lowest BCUT2D eigenvalue weighted by atomic mass is 10.2. The van der Waals surface area contributed by atoms with Gasteiger partial charge in [0.15, 0.2) is 0 Å². The normalized spacial score (nSPS) is 28.3. The number of hydrogen-bond acceptors (Lipinski definition) is 2. The van der Waals surface area contributed by atoms with E-state index < -0.39 is 12.6 Å². The summed E-state index contributed by atoms with van der Waals surface area (Å²) in [6, 6.07) is 0.212. The first-order valence-corrected chi connectivity index (χ1v) is 6.53. The monoisotopic (exact) mass is 303 g/mol. The van der Waals surface area contributed by atoms with Gasteiger partial charge in [-0.3, -0.25) is 4.90 Å². The zero-order valence-corrected chi connectivity index (χ0v) is 10.9. The van der Waals surface area contributed by atoms with Gasteiger partial charge in [-0.25, -0.2) is 0 Å². The van der Waals surface area contributed by atoms with E-state index in [0.29, 0.717) is 19.7 Å². The minimum atomic E-state index is -4.04. The van der Waals surface area contributed by atoms with Gasteiger partial charge in [0.1, 0.15) is 0 Å². The quantitative estimate of drug-likeness (QED) is 0.741. The van der Waals surface area contributed by atoms with Crippen LogP contribution in [0.25, 0.3) is 0 Å². The van der Waals surface area contributed by atoms with Crippen LogP contribution < -0.4 is 0 Å². The number of morpholine rings is 1. The van der Waals surface area contributed by atoms with E-state index in [-0.39, 0.29) is 18.6 Å². The third-order valence-corrected chi connectivity index (χ3v) is 3.43. The van der Waals surface area contributed by atoms with Gasteiger partial charge < -0.3 is 4.74 Å². The van der Waals surface area contributed by atoms with Gasteiger partial charge >= 0.3 is 6.18 Å². The molecule has 0 saturated carbocycles. The van der Waals surface area contributed by atoms with Crippen LogP contribution in [0.4, 0.5) is 13.2 Å². The van der Waals surface area contributed by atoms with Crippen LogP contribution in [0.15, 0.2) is 0 Å². The van der Waals surface area contributed by atoms with Crippen LogP contribution in [-0.2, 0) is 4.74 Å². The molecule has 0 bridgehead atoms. The summed E-state index contributed by atoms with van der Waals surface area (Å²) >= 11 is 3.33. The molecule has 0 radical (unpaired) electrons. The highest BCUT2D eigenvalue weighted by Gasteiger charge is 2.29. The van der Waals surface area contributed by atoms with E-state index in [1.54, 1.807) is 0 Å².